The summed E-state index contributed by atoms with van der Waals surface area (Å²) in [6.07, 6.45) is 5.39. The summed E-state index contributed by atoms with van der Waals surface area (Å²) < 4.78 is 29.2. The van der Waals surface area contributed by atoms with Gasteiger partial charge in [0.25, 0.3) is 0 Å². The van der Waals surface area contributed by atoms with Gasteiger partial charge in [0, 0.05) is 57.2 Å². The largest absolute Gasteiger partial charge is 0.334 e. The van der Waals surface area contributed by atoms with Crippen molar-refractivity contribution in [1.29, 1.82) is 0 Å². The average Bonchev–Trinajstić information content (AvgIpc) is 3.36. The number of nitrogens with zero attached hydrogens (tertiary/aromatic N) is 4. The van der Waals surface area contributed by atoms with Gasteiger partial charge < -0.3 is 14.8 Å². The van der Waals surface area contributed by atoms with Gasteiger partial charge in [-0.05, 0) is 30.2 Å². The van der Waals surface area contributed by atoms with Crippen LogP contribution in [0.1, 0.15) is 28.4 Å². The lowest BCUT2D eigenvalue weighted by atomic mass is 10.1. The first-order valence-corrected chi connectivity index (χ1v) is 12.4. The van der Waals surface area contributed by atoms with Crippen LogP contribution in [0.25, 0.3) is 0 Å². The summed E-state index contributed by atoms with van der Waals surface area (Å²) in [5, 5.41) is 2.92. The lowest BCUT2D eigenvalue weighted by Crippen LogP contribution is -2.52. The Kier molecular flexibility index (Phi) is 7.09. The Morgan fingerprint density at radius 3 is 2.35 bits per heavy atom. The quantitative estimate of drug-likeness (QED) is 0.522. The number of aromatic nitrogens is 2. The smallest absolute Gasteiger partial charge is 0.317 e. The van der Waals surface area contributed by atoms with Gasteiger partial charge in [-0.1, -0.05) is 36.4 Å². The van der Waals surface area contributed by atoms with Crippen molar-refractivity contribution in [3.63, 3.8) is 0 Å². The summed E-state index contributed by atoms with van der Waals surface area (Å²) in [5.74, 6) is -0.117. The van der Waals surface area contributed by atoms with E-state index in [1.807, 2.05) is 35.0 Å². The monoisotopic (exact) mass is 481 g/mol. The van der Waals surface area contributed by atoms with E-state index in [1.165, 1.54) is 35.5 Å². The highest BCUT2D eigenvalue weighted by molar-refractivity contribution is 7.89. The Morgan fingerprint density at radius 2 is 1.71 bits per heavy atom. The summed E-state index contributed by atoms with van der Waals surface area (Å²) in [6.45, 7) is 3.56. The van der Waals surface area contributed by atoms with Crippen molar-refractivity contribution >= 4 is 21.8 Å². The van der Waals surface area contributed by atoms with E-state index in [9.17, 15) is 18.0 Å². The maximum atomic E-state index is 12.9. The van der Waals surface area contributed by atoms with Crippen LogP contribution in [0.5, 0.6) is 0 Å². The highest BCUT2D eigenvalue weighted by Crippen LogP contribution is 2.19. The number of carbonyl (C=O) groups is 2. The summed E-state index contributed by atoms with van der Waals surface area (Å²) in [7, 11) is -3.68. The normalized spacial score (nSPS) is 14.7. The van der Waals surface area contributed by atoms with Crippen LogP contribution in [0.4, 0.5) is 4.79 Å². The molecule has 178 valence electrons. The topological polar surface area (TPSA) is 105 Å². The molecule has 1 aliphatic rings. The van der Waals surface area contributed by atoms with E-state index in [1.54, 1.807) is 17.4 Å². The minimum Gasteiger partial charge on any atom is -0.334 e. The fourth-order valence-corrected chi connectivity index (χ4v) is 5.28. The van der Waals surface area contributed by atoms with Gasteiger partial charge in [-0.25, -0.2) is 18.2 Å². The second kappa shape index (κ2) is 10.2. The number of carbonyl (C=O) groups excluding carboxylic acids is 2. The van der Waals surface area contributed by atoms with Crippen LogP contribution in [0, 0.1) is 0 Å². The molecule has 1 fully saturated rings. The summed E-state index contributed by atoms with van der Waals surface area (Å²) >= 11 is 0. The van der Waals surface area contributed by atoms with Crippen LogP contribution in [0.15, 0.2) is 72.1 Å². The predicted octanol–water partition coefficient (Wildman–Crippen LogP) is 2.35. The third-order valence-corrected chi connectivity index (χ3v) is 7.70. The Hall–Kier alpha value is -3.50. The fraction of sp³-hybridized carbons (Fsp3) is 0.292. The Balaban J connectivity index is 1.29. The molecule has 0 spiro atoms. The number of amides is 2. The second-order valence-corrected chi connectivity index (χ2v) is 10.1. The Bertz CT molecular complexity index is 1250. The lowest BCUT2D eigenvalue weighted by molar-refractivity contribution is 0.101. The minimum atomic E-state index is -3.68. The number of ketones is 1. The van der Waals surface area contributed by atoms with Crippen LogP contribution in [0.2, 0.25) is 0 Å². The minimum absolute atomic E-state index is 0.117. The zero-order valence-electron chi connectivity index (χ0n) is 18.9. The van der Waals surface area contributed by atoms with Gasteiger partial charge in [-0.3, -0.25) is 4.79 Å². The van der Waals surface area contributed by atoms with Crippen molar-refractivity contribution in [1.82, 2.24) is 24.1 Å². The third-order valence-electron chi connectivity index (χ3n) is 5.78. The summed E-state index contributed by atoms with van der Waals surface area (Å²) in [5.41, 5.74) is 2.56. The van der Waals surface area contributed by atoms with Crippen LogP contribution in [0.3, 0.4) is 0 Å². The number of rotatable bonds is 7. The Morgan fingerprint density at radius 1 is 1.00 bits per heavy atom. The SMILES string of the molecule is CC(=O)c1ccc(S(=O)(=O)N2CCN(C(=O)NCc3cccc(Cn4ccnc4)c3)CC2)cc1. The van der Waals surface area contributed by atoms with E-state index >= 15 is 0 Å². The van der Waals surface area contributed by atoms with Crippen molar-refractivity contribution in [3.8, 4) is 0 Å². The average molecular weight is 482 g/mol. The van der Waals surface area contributed by atoms with Gasteiger partial charge >= 0.3 is 6.03 Å². The van der Waals surface area contributed by atoms with Crippen molar-refractivity contribution in [3.05, 3.63) is 83.9 Å². The third kappa shape index (κ3) is 5.52. The molecule has 0 radical (unpaired) electrons. The predicted molar refractivity (Wildman–Crippen MR) is 127 cm³/mol. The molecular formula is C24H27N5O4S. The number of sulfonamides is 1. The van der Waals surface area contributed by atoms with Crippen LogP contribution in [-0.2, 0) is 23.1 Å². The number of hydrogen-bond acceptors (Lipinski definition) is 5. The molecule has 1 N–H and O–H groups in total. The molecule has 10 heteroatoms. The molecule has 0 saturated carbocycles. The molecular weight excluding hydrogens is 454 g/mol. The van der Waals surface area contributed by atoms with Crippen molar-refractivity contribution in [2.75, 3.05) is 26.2 Å². The number of imidazole rings is 1. The van der Waals surface area contributed by atoms with Gasteiger partial charge in [-0.2, -0.15) is 4.31 Å². The maximum Gasteiger partial charge on any atom is 0.317 e. The molecule has 3 aromatic rings. The van der Waals surface area contributed by atoms with Crippen LogP contribution in [-0.4, -0.2) is 65.2 Å². The number of piperazine rings is 1. The zero-order valence-corrected chi connectivity index (χ0v) is 19.7. The van der Waals surface area contributed by atoms with E-state index in [-0.39, 0.29) is 29.8 Å². The standard InChI is InChI=1S/C24H27N5O4S/c1-19(30)22-5-7-23(8-6-22)34(32,33)29-13-11-28(12-14-29)24(31)26-16-20-3-2-4-21(15-20)17-27-10-9-25-18-27/h2-10,15,18H,11-14,16-17H2,1H3,(H,26,31). The second-order valence-electron chi connectivity index (χ2n) is 8.19. The van der Waals surface area contributed by atoms with Crippen LogP contribution < -0.4 is 5.32 Å². The first-order valence-electron chi connectivity index (χ1n) is 11.0. The molecule has 2 aromatic carbocycles. The van der Waals surface area contributed by atoms with Gasteiger partial charge in [0.2, 0.25) is 10.0 Å². The van der Waals surface area contributed by atoms with Gasteiger partial charge in [0.15, 0.2) is 5.78 Å². The van der Waals surface area contributed by atoms with Crippen molar-refractivity contribution in [2.45, 2.75) is 24.9 Å². The van der Waals surface area contributed by atoms with E-state index in [2.05, 4.69) is 10.3 Å². The van der Waals surface area contributed by atoms with Crippen molar-refractivity contribution in [2.24, 2.45) is 0 Å². The van der Waals surface area contributed by atoms with E-state index < -0.39 is 10.0 Å². The summed E-state index contributed by atoms with van der Waals surface area (Å²) in [4.78, 5) is 29.9. The maximum absolute atomic E-state index is 12.9. The molecule has 1 saturated heterocycles. The number of urea groups is 1. The molecule has 2 heterocycles. The molecule has 0 bridgehead atoms. The Labute approximate surface area is 199 Å². The van der Waals surface area contributed by atoms with Gasteiger partial charge in [0.1, 0.15) is 0 Å². The van der Waals surface area contributed by atoms with E-state index in [4.69, 9.17) is 0 Å². The molecule has 1 aliphatic heterocycles. The number of hydrogen-bond donors (Lipinski definition) is 1. The van der Waals surface area contributed by atoms with Gasteiger partial charge in [0.05, 0.1) is 11.2 Å². The molecule has 0 aliphatic carbocycles. The lowest BCUT2D eigenvalue weighted by Gasteiger charge is -2.34. The number of benzene rings is 2. The molecule has 1 aromatic heterocycles. The molecule has 2 amide bonds. The molecule has 9 nitrogen and oxygen atoms in total. The number of nitrogens with one attached hydrogen (secondary N) is 1. The van der Waals surface area contributed by atoms with Gasteiger partial charge in [-0.15, -0.1) is 0 Å². The van der Waals surface area contributed by atoms with Crippen LogP contribution >= 0.6 is 0 Å². The molecule has 34 heavy (non-hydrogen) atoms. The molecule has 0 atom stereocenters. The fourth-order valence-electron chi connectivity index (χ4n) is 3.86. The highest BCUT2D eigenvalue weighted by atomic mass is 32.2. The van der Waals surface area contributed by atoms with Crippen molar-refractivity contribution < 1.29 is 18.0 Å². The number of Topliss-reactive ketones (excluding diaryl/α,β-unsaturated/α-hetero) is 1. The molecule has 0 unspecified atom stereocenters. The first kappa shape index (κ1) is 23.7. The molecule has 4 rings (SSSR count). The van der Waals surface area contributed by atoms with E-state index in [0.717, 1.165) is 11.1 Å². The first-order chi connectivity index (χ1) is 16.3. The van der Waals surface area contributed by atoms with E-state index in [0.29, 0.717) is 31.7 Å². The zero-order chi connectivity index (χ0) is 24.1. The summed E-state index contributed by atoms with van der Waals surface area (Å²) in [6, 6.07) is 13.7. The highest BCUT2D eigenvalue weighted by Gasteiger charge is 2.30.